The Balaban J connectivity index is 2.26. The summed E-state index contributed by atoms with van der Waals surface area (Å²) in [5.74, 6) is 0. The van der Waals surface area contributed by atoms with Crippen LogP contribution in [0.1, 0.15) is 25.0 Å². The van der Waals surface area contributed by atoms with E-state index >= 15 is 0 Å². The first-order valence-electron chi connectivity index (χ1n) is 7.32. The molecule has 0 aliphatic heterocycles. The Morgan fingerprint density at radius 1 is 1.00 bits per heavy atom. The molecule has 0 fully saturated rings. The van der Waals surface area contributed by atoms with Crippen molar-refractivity contribution in [3.8, 4) is 11.4 Å². The second-order valence-electron chi connectivity index (χ2n) is 4.87. The normalized spacial score (nSPS) is 11.6. The number of rotatable bonds is 7. The van der Waals surface area contributed by atoms with E-state index in [-0.39, 0.29) is 6.16 Å². The lowest BCUT2D eigenvalue weighted by Gasteiger charge is -2.17. The van der Waals surface area contributed by atoms with Crippen molar-refractivity contribution in [3.63, 3.8) is 0 Å². The molecule has 0 saturated carbocycles. The van der Waals surface area contributed by atoms with Crippen LogP contribution in [0.2, 0.25) is 0 Å². The average molecular weight is 320 g/mol. The van der Waals surface area contributed by atoms with Crippen LogP contribution in [0.15, 0.2) is 36.7 Å². The molecular formula is C16H21N2O3P. The summed E-state index contributed by atoms with van der Waals surface area (Å²) >= 11 is 0. The monoisotopic (exact) mass is 320 g/mol. The van der Waals surface area contributed by atoms with Crippen molar-refractivity contribution in [2.45, 2.75) is 26.9 Å². The molecule has 0 amide bonds. The van der Waals surface area contributed by atoms with E-state index in [1.807, 2.05) is 31.2 Å². The standard InChI is InChI=1S/C16H21N2O3P/c1-4-20-22(19,21-5-2)12-14-7-9-18-16(11-14)15-10-13(3)6-8-17-15/h6-11H,4-5,12H2,1-3H3. The van der Waals surface area contributed by atoms with Gasteiger partial charge in [0.2, 0.25) is 0 Å². The second-order valence-corrected chi connectivity index (χ2v) is 6.93. The molecule has 118 valence electrons. The zero-order chi connectivity index (χ0) is 16.0. The van der Waals surface area contributed by atoms with Crippen molar-refractivity contribution in [1.29, 1.82) is 0 Å². The third kappa shape index (κ3) is 4.47. The van der Waals surface area contributed by atoms with Crippen LogP contribution in [0.3, 0.4) is 0 Å². The van der Waals surface area contributed by atoms with Crippen molar-refractivity contribution in [1.82, 2.24) is 9.97 Å². The maximum Gasteiger partial charge on any atom is 0.335 e. The Morgan fingerprint density at radius 2 is 1.59 bits per heavy atom. The van der Waals surface area contributed by atoms with Gasteiger partial charge in [-0.05, 0) is 56.2 Å². The molecule has 0 aromatic carbocycles. The predicted molar refractivity (Wildman–Crippen MR) is 86.8 cm³/mol. The van der Waals surface area contributed by atoms with Crippen LogP contribution in [-0.2, 0) is 19.8 Å². The molecule has 0 aliphatic carbocycles. The molecule has 22 heavy (non-hydrogen) atoms. The molecule has 0 radical (unpaired) electrons. The molecule has 5 nitrogen and oxygen atoms in total. The van der Waals surface area contributed by atoms with E-state index in [1.165, 1.54) is 0 Å². The Hall–Kier alpha value is -1.55. The summed E-state index contributed by atoms with van der Waals surface area (Å²) in [6.45, 7) is 6.33. The van der Waals surface area contributed by atoms with E-state index in [4.69, 9.17) is 9.05 Å². The van der Waals surface area contributed by atoms with Crippen molar-refractivity contribution < 1.29 is 13.6 Å². The molecular weight excluding hydrogens is 299 g/mol. The lowest BCUT2D eigenvalue weighted by molar-refractivity contribution is 0.219. The topological polar surface area (TPSA) is 61.3 Å². The number of aryl methyl sites for hydroxylation is 1. The lowest BCUT2D eigenvalue weighted by Crippen LogP contribution is -2.00. The van der Waals surface area contributed by atoms with E-state index in [2.05, 4.69) is 9.97 Å². The molecule has 0 saturated heterocycles. The molecule has 2 aromatic heterocycles. The Bertz CT molecular complexity index is 666. The first-order valence-corrected chi connectivity index (χ1v) is 9.05. The number of hydrogen-bond acceptors (Lipinski definition) is 5. The molecule has 6 heteroatoms. The van der Waals surface area contributed by atoms with Crippen LogP contribution in [0.5, 0.6) is 0 Å². The fourth-order valence-electron chi connectivity index (χ4n) is 2.13. The molecule has 0 bridgehead atoms. The maximum absolute atomic E-state index is 12.6. The maximum atomic E-state index is 12.6. The number of nitrogens with zero attached hydrogens (tertiary/aromatic N) is 2. The Labute approximate surface area is 131 Å². The molecule has 2 rings (SSSR count). The largest absolute Gasteiger partial charge is 0.335 e. The van der Waals surface area contributed by atoms with Crippen LogP contribution in [0.25, 0.3) is 11.4 Å². The number of aromatic nitrogens is 2. The van der Waals surface area contributed by atoms with Crippen LogP contribution in [0, 0.1) is 6.92 Å². The predicted octanol–water partition coefficient (Wildman–Crippen LogP) is 4.22. The summed E-state index contributed by atoms with van der Waals surface area (Å²) < 4.78 is 23.3. The van der Waals surface area contributed by atoms with Gasteiger partial charge in [-0.1, -0.05) is 0 Å². The number of pyridine rings is 2. The molecule has 0 unspecified atom stereocenters. The first-order chi connectivity index (χ1) is 10.6. The summed E-state index contributed by atoms with van der Waals surface area (Å²) in [4.78, 5) is 8.66. The van der Waals surface area contributed by atoms with Crippen LogP contribution in [-0.4, -0.2) is 23.2 Å². The highest BCUT2D eigenvalue weighted by Crippen LogP contribution is 2.51. The minimum atomic E-state index is -3.11. The quantitative estimate of drug-likeness (QED) is 0.715. The minimum Gasteiger partial charge on any atom is -0.309 e. The lowest BCUT2D eigenvalue weighted by atomic mass is 10.1. The summed E-state index contributed by atoms with van der Waals surface area (Å²) in [5.41, 5.74) is 3.52. The second kappa shape index (κ2) is 7.63. The number of hydrogen-bond donors (Lipinski definition) is 0. The van der Waals surface area contributed by atoms with Gasteiger partial charge in [-0.25, -0.2) is 0 Å². The van der Waals surface area contributed by atoms with E-state index in [1.54, 1.807) is 26.2 Å². The van der Waals surface area contributed by atoms with Gasteiger partial charge in [0, 0.05) is 12.4 Å². The van der Waals surface area contributed by atoms with Gasteiger partial charge in [0.25, 0.3) is 0 Å². The third-order valence-corrected chi connectivity index (χ3v) is 5.09. The zero-order valence-electron chi connectivity index (χ0n) is 13.2. The van der Waals surface area contributed by atoms with Crippen LogP contribution in [0.4, 0.5) is 0 Å². The van der Waals surface area contributed by atoms with Gasteiger partial charge in [-0.2, -0.15) is 0 Å². The van der Waals surface area contributed by atoms with E-state index in [9.17, 15) is 4.57 Å². The Morgan fingerprint density at radius 3 is 2.18 bits per heavy atom. The molecule has 0 aliphatic rings. The summed E-state index contributed by atoms with van der Waals surface area (Å²) in [6, 6.07) is 7.61. The van der Waals surface area contributed by atoms with E-state index < -0.39 is 7.60 Å². The fourth-order valence-corrected chi connectivity index (χ4v) is 3.82. The van der Waals surface area contributed by atoms with Gasteiger partial charge in [0.15, 0.2) is 0 Å². The molecule has 0 N–H and O–H groups in total. The highest BCUT2D eigenvalue weighted by atomic mass is 31.2. The van der Waals surface area contributed by atoms with Gasteiger partial charge >= 0.3 is 7.60 Å². The smallest absolute Gasteiger partial charge is 0.309 e. The highest BCUT2D eigenvalue weighted by molar-refractivity contribution is 7.53. The molecule has 2 heterocycles. The van der Waals surface area contributed by atoms with Gasteiger partial charge in [0.05, 0.1) is 30.8 Å². The van der Waals surface area contributed by atoms with Crippen LogP contribution < -0.4 is 0 Å². The van der Waals surface area contributed by atoms with E-state index in [0.29, 0.717) is 13.2 Å². The van der Waals surface area contributed by atoms with Gasteiger partial charge in [0.1, 0.15) is 0 Å². The molecule has 0 spiro atoms. The van der Waals surface area contributed by atoms with Crippen molar-refractivity contribution in [2.75, 3.05) is 13.2 Å². The van der Waals surface area contributed by atoms with Gasteiger partial charge in [-0.3, -0.25) is 14.5 Å². The summed E-state index contributed by atoms with van der Waals surface area (Å²) in [6.07, 6.45) is 3.68. The third-order valence-electron chi connectivity index (χ3n) is 3.03. The highest BCUT2D eigenvalue weighted by Gasteiger charge is 2.24. The fraction of sp³-hybridized carbons (Fsp3) is 0.375. The van der Waals surface area contributed by atoms with Crippen molar-refractivity contribution in [2.24, 2.45) is 0 Å². The van der Waals surface area contributed by atoms with Gasteiger partial charge in [-0.15, -0.1) is 0 Å². The molecule has 2 aromatic rings. The summed E-state index contributed by atoms with van der Waals surface area (Å²) in [7, 11) is -3.11. The van der Waals surface area contributed by atoms with Gasteiger partial charge < -0.3 is 9.05 Å². The minimum absolute atomic E-state index is 0.232. The average Bonchev–Trinajstić information content (AvgIpc) is 2.48. The summed E-state index contributed by atoms with van der Waals surface area (Å²) in [5, 5.41) is 0. The first kappa shape index (κ1) is 16.8. The van der Waals surface area contributed by atoms with Crippen LogP contribution >= 0.6 is 7.60 Å². The SMILES string of the molecule is CCOP(=O)(Cc1ccnc(-c2cc(C)ccn2)c1)OCC. The zero-order valence-corrected chi connectivity index (χ0v) is 14.0. The Kier molecular flexibility index (Phi) is 5.83. The molecule has 0 atom stereocenters. The van der Waals surface area contributed by atoms with Crippen molar-refractivity contribution in [3.05, 3.63) is 47.8 Å². The van der Waals surface area contributed by atoms with E-state index in [0.717, 1.165) is 22.5 Å². The van der Waals surface area contributed by atoms with Crippen molar-refractivity contribution >= 4 is 7.60 Å².